The van der Waals surface area contributed by atoms with E-state index in [0.717, 1.165) is 6.42 Å². The minimum atomic E-state index is -0.0722. The molecule has 1 aromatic rings. The van der Waals surface area contributed by atoms with Crippen LogP contribution in [0.4, 0.5) is 5.95 Å². The zero-order chi connectivity index (χ0) is 9.90. The van der Waals surface area contributed by atoms with Crippen LogP contribution in [-0.4, -0.2) is 32.3 Å². The van der Waals surface area contributed by atoms with Crippen molar-refractivity contribution in [3.8, 4) is 0 Å². The Hall–Kier alpha value is -1.17. The summed E-state index contributed by atoms with van der Waals surface area (Å²) in [6, 6.07) is 0. The summed E-state index contributed by atoms with van der Waals surface area (Å²) in [7, 11) is 1.79. The maximum Gasteiger partial charge on any atom is 0.243 e. The number of rotatable bonds is 4. The van der Waals surface area contributed by atoms with Gasteiger partial charge in [-0.05, 0) is 37.2 Å². The molecule has 3 N–H and O–H groups in total. The SMILES string of the molecule is Cn1nnnc1NC(C)(C)CCN. The van der Waals surface area contributed by atoms with Gasteiger partial charge in [0, 0.05) is 12.6 Å². The van der Waals surface area contributed by atoms with E-state index in [0.29, 0.717) is 12.5 Å². The molecule has 0 bridgehead atoms. The molecule has 0 saturated heterocycles. The van der Waals surface area contributed by atoms with Gasteiger partial charge in [0.05, 0.1) is 0 Å². The van der Waals surface area contributed by atoms with Crippen molar-refractivity contribution in [2.45, 2.75) is 25.8 Å². The van der Waals surface area contributed by atoms with Crippen molar-refractivity contribution >= 4 is 5.95 Å². The van der Waals surface area contributed by atoms with Crippen molar-refractivity contribution in [1.82, 2.24) is 20.2 Å². The predicted molar refractivity (Wildman–Crippen MR) is 50.2 cm³/mol. The first-order valence-electron chi connectivity index (χ1n) is 4.26. The van der Waals surface area contributed by atoms with Crippen LogP contribution in [0.5, 0.6) is 0 Å². The zero-order valence-electron chi connectivity index (χ0n) is 8.28. The summed E-state index contributed by atoms with van der Waals surface area (Å²) in [6.07, 6.45) is 0.875. The molecular formula is C7H16N6. The van der Waals surface area contributed by atoms with E-state index in [1.54, 1.807) is 11.7 Å². The normalized spacial score (nSPS) is 11.7. The fraction of sp³-hybridized carbons (Fsp3) is 0.857. The molecular weight excluding hydrogens is 168 g/mol. The number of tetrazole rings is 1. The summed E-state index contributed by atoms with van der Waals surface area (Å²) in [5, 5.41) is 14.3. The summed E-state index contributed by atoms with van der Waals surface area (Å²) in [4.78, 5) is 0. The van der Waals surface area contributed by atoms with Gasteiger partial charge in [0.15, 0.2) is 0 Å². The van der Waals surface area contributed by atoms with Crippen molar-refractivity contribution in [1.29, 1.82) is 0 Å². The van der Waals surface area contributed by atoms with E-state index in [-0.39, 0.29) is 5.54 Å². The Bertz CT molecular complexity index is 266. The molecule has 0 unspecified atom stereocenters. The molecule has 74 valence electrons. The van der Waals surface area contributed by atoms with Gasteiger partial charge in [-0.15, -0.1) is 0 Å². The van der Waals surface area contributed by atoms with Crippen molar-refractivity contribution in [2.75, 3.05) is 11.9 Å². The van der Waals surface area contributed by atoms with E-state index < -0.39 is 0 Å². The monoisotopic (exact) mass is 184 g/mol. The fourth-order valence-electron chi connectivity index (χ4n) is 1.06. The highest BCUT2D eigenvalue weighted by Crippen LogP contribution is 2.13. The molecule has 0 spiro atoms. The second-order valence-electron chi connectivity index (χ2n) is 3.67. The van der Waals surface area contributed by atoms with Gasteiger partial charge in [0.25, 0.3) is 0 Å². The highest BCUT2D eigenvalue weighted by atomic mass is 15.6. The van der Waals surface area contributed by atoms with Gasteiger partial charge in [-0.25, -0.2) is 4.68 Å². The van der Waals surface area contributed by atoms with Crippen LogP contribution in [0.2, 0.25) is 0 Å². The number of nitrogens with one attached hydrogen (secondary N) is 1. The third-order valence-electron chi connectivity index (χ3n) is 1.84. The summed E-state index contributed by atoms with van der Waals surface area (Å²) in [5.41, 5.74) is 5.41. The Morgan fingerprint density at radius 1 is 1.54 bits per heavy atom. The van der Waals surface area contributed by atoms with E-state index in [9.17, 15) is 0 Å². The summed E-state index contributed by atoms with van der Waals surface area (Å²) >= 11 is 0. The lowest BCUT2D eigenvalue weighted by molar-refractivity contribution is 0.517. The lowest BCUT2D eigenvalue weighted by Gasteiger charge is -2.25. The lowest BCUT2D eigenvalue weighted by atomic mass is 10.0. The topological polar surface area (TPSA) is 81.7 Å². The Morgan fingerprint density at radius 3 is 2.69 bits per heavy atom. The Kier molecular flexibility index (Phi) is 2.82. The molecule has 0 aliphatic carbocycles. The molecule has 0 aliphatic heterocycles. The predicted octanol–water partition coefficient (Wildman–Crippen LogP) is -0.251. The van der Waals surface area contributed by atoms with E-state index in [1.165, 1.54) is 0 Å². The first-order chi connectivity index (χ1) is 6.05. The number of nitrogens with zero attached hydrogens (tertiary/aromatic N) is 4. The van der Waals surface area contributed by atoms with Crippen LogP contribution in [0.15, 0.2) is 0 Å². The van der Waals surface area contributed by atoms with Gasteiger partial charge in [0.1, 0.15) is 0 Å². The molecule has 0 fully saturated rings. The highest BCUT2D eigenvalue weighted by molar-refractivity contribution is 5.25. The van der Waals surface area contributed by atoms with Gasteiger partial charge in [0.2, 0.25) is 5.95 Å². The smallest absolute Gasteiger partial charge is 0.243 e. The van der Waals surface area contributed by atoms with Crippen molar-refractivity contribution in [2.24, 2.45) is 12.8 Å². The Morgan fingerprint density at radius 2 is 2.23 bits per heavy atom. The van der Waals surface area contributed by atoms with Crippen LogP contribution in [0.25, 0.3) is 0 Å². The van der Waals surface area contributed by atoms with Gasteiger partial charge in [-0.2, -0.15) is 0 Å². The number of hydrogen-bond acceptors (Lipinski definition) is 5. The number of hydrogen-bond donors (Lipinski definition) is 2. The minimum Gasteiger partial charge on any atom is -0.348 e. The van der Waals surface area contributed by atoms with Crippen LogP contribution in [0.1, 0.15) is 20.3 Å². The van der Waals surface area contributed by atoms with Gasteiger partial charge >= 0.3 is 0 Å². The second kappa shape index (κ2) is 3.69. The van der Waals surface area contributed by atoms with Crippen LogP contribution >= 0.6 is 0 Å². The molecule has 1 heterocycles. The quantitative estimate of drug-likeness (QED) is 0.674. The molecule has 0 amide bonds. The Labute approximate surface area is 77.5 Å². The van der Waals surface area contributed by atoms with Crippen molar-refractivity contribution in [3.63, 3.8) is 0 Å². The molecule has 0 radical (unpaired) electrons. The van der Waals surface area contributed by atoms with Gasteiger partial charge in [-0.1, -0.05) is 5.10 Å². The highest BCUT2D eigenvalue weighted by Gasteiger charge is 2.18. The van der Waals surface area contributed by atoms with Gasteiger partial charge < -0.3 is 11.1 Å². The maximum atomic E-state index is 5.48. The van der Waals surface area contributed by atoms with E-state index in [2.05, 4.69) is 34.7 Å². The molecule has 1 aromatic heterocycles. The lowest BCUT2D eigenvalue weighted by Crippen LogP contribution is -2.34. The molecule has 13 heavy (non-hydrogen) atoms. The van der Waals surface area contributed by atoms with Crippen LogP contribution < -0.4 is 11.1 Å². The van der Waals surface area contributed by atoms with Crippen LogP contribution in [0.3, 0.4) is 0 Å². The summed E-state index contributed by atoms with van der Waals surface area (Å²) in [6.45, 7) is 4.77. The third-order valence-corrected chi connectivity index (χ3v) is 1.84. The number of nitrogens with two attached hydrogens (primary N) is 1. The van der Waals surface area contributed by atoms with E-state index in [1.807, 2.05) is 0 Å². The first-order valence-corrected chi connectivity index (χ1v) is 4.26. The molecule has 6 heteroatoms. The molecule has 0 atom stereocenters. The average Bonchev–Trinajstić information content (AvgIpc) is 2.35. The molecule has 1 rings (SSSR count). The largest absolute Gasteiger partial charge is 0.348 e. The first kappa shape index (κ1) is 9.91. The summed E-state index contributed by atoms with van der Waals surface area (Å²) in [5.74, 6) is 0.665. The number of aromatic nitrogens is 4. The van der Waals surface area contributed by atoms with Crippen LogP contribution in [-0.2, 0) is 7.05 Å². The van der Waals surface area contributed by atoms with Gasteiger partial charge in [-0.3, -0.25) is 0 Å². The summed E-state index contributed by atoms with van der Waals surface area (Å²) < 4.78 is 1.60. The number of aryl methyl sites for hydroxylation is 1. The van der Waals surface area contributed by atoms with Crippen molar-refractivity contribution in [3.05, 3.63) is 0 Å². The zero-order valence-corrected chi connectivity index (χ0v) is 8.28. The van der Waals surface area contributed by atoms with E-state index in [4.69, 9.17) is 5.73 Å². The maximum absolute atomic E-state index is 5.48. The molecule has 0 aromatic carbocycles. The average molecular weight is 184 g/mol. The Balaban J connectivity index is 2.63. The van der Waals surface area contributed by atoms with E-state index >= 15 is 0 Å². The third kappa shape index (κ3) is 2.66. The van der Waals surface area contributed by atoms with Crippen LogP contribution in [0, 0.1) is 0 Å². The number of anilines is 1. The standard InChI is InChI=1S/C7H16N6/c1-7(2,4-5-8)9-6-10-11-12-13(6)3/h4-5,8H2,1-3H3,(H,9,10,12). The molecule has 0 aliphatic rings. The molecule has 6 nitrogen and oxygen atoms in total. The second-order valence-corrected chi connectivity index (χ2v) is 3.67. The molecule has 0 saturated carbocycles. The fourth-order valence-corrected chi connectivity index (χ4v) is 1.06. The minimum absolute atomic E-state index is 0.0722. The van der Waals surface area contributed by atoms with Crippen molar-refractivity contribution < 1.29 is 0 Å².